The molecule has 1 amide bonds. The van der Waals surface area contributed by atoms with E-state index in [0.717, 1.165) is 11.4 Å². The van der Waals surface area contributed by atoms with Crippen LogP contribution in [0.15, 0.2) is 49.6 Å². The van der Waals surface area contributed by atoms with Crippen molar-refractivity contribution in [1.82, 2.24) is 9.47 Å². The smallest absolute Gasteiger partial charge is 0.326 e. The number of fused-ring (bicyclic) bond motifs is 1. The fraction of sp³-hybridized carbons (Fsp3) is 0.227. The van der Waals surface area contributed by atoms with E-state index in [1.807, 2.05) is 18.4 Å². The zero-order valence-corrected chi connectivity index (χ0v) is 16.0. The molecule has 0 saturated carbocycles. The van der Waals surface area contributed by atoms with Crippen molar-refractivity contribution < 1.29 is 19.1 Å². The molecule has 6 heteroatoms. The first-order valence-corrected chi connectivity index (χ1v) is 8.91. The lowest BCUT2D eigenvalue weighted by atomic mass is 10.1. The van der Waals surface area contributed by atoms with Crippen LogP contribution in [0.4, 0.5) is 0 Å². The van der Waals surface area contributed by atoms with Gasteiger partial charge in [0.2, 0.25) is 5.78 Å². The van der Waals surface area contributed by atoms with Gasteiger partial charge in [-0.25, -0.2) is 0 Å². The first-order valence-electron chi connectivity index (χ1n) is 8.91. The average molecular weight is 378 g/mol. The fourth-order valence-corrected chi connectivity index (χ4v) is 3.39. The van der Waals surface area contributed by atoms with Crippen LogP contribution in [0.5, 0.6) is 0 Å². The number of amides is 1. The van der Waals surface area contributed by atoms with Crippen LogP contribution in [0.25, 0.3) is 5.70 Å². The number of allylic oxidation sites excluding steroid dienone is 1. The third-order valence-corrected chi connectivity index (χ3v) is 4.88. The van der Waals surface area contributed by atoms with E-state index in [1.165, 1.54) is 4.90 Å². The summed E-state index contributed by atoms with van der Waals surface area (Å²) in [5, 5.41) is 0. The number of ketones is 1. The van der Waals surface area contributed by atoms with Gasteiger partial charge in [-0.05, 0) is 26.0 Å². The number of carbonyl (C=O) groups is 3. The normalized spacial score (nSPS) is 12.9. The molecule has 0 N–H and O–H groups in total. The molecule has 0 saturated heterocycles. The number of carbonyl (C=O) groups excluding carboxylic acids is 3. The second-order valence-corrected chi connectivity index (χ2v) is 6.65. The van der Waals surface area contributed by atoms with Crippen molar-refractivity contribution in [2.75, 3.05) is 13.2 Å². The highest BCUT2D eigenvalue weighted by molar-refractivity contribution is 6.10. The highest BCUT2D eigenvalue weighted by Crippen LogP contribution is 2.30. The summed E-state index contributed by atoms with van der Waals surface area (Å²) in [6.07, 6.45) is 1.76. The van der Waals surface area contributed by atoms with Crippen LogP contribution in [-0.4, -0.2) is 40.3 Å². The monoisotopic (exact) mass is 378 g/mol. The van der Waals surface area contributed by atoms with E-state index in [0.29, 0.717) is 28.9 Å². The summed E-state index contributed by atoms with van der Waals surface area (Å²) in [5.41, 5.74) is 3.91. The molecule has 0 fully saturated rings. The van der Waals surface area contributed by atoms with E-state index in [4.69, 9.17) is 4.74 Å². The SMILES string of the molecule is C=CCn1c(C)cc(C(=O)COC(=O)CN2C(=C)c3ccccc3C2=O)c1C. The molecule has 0 bridgehead atoms. The molecular formula is C22H22N2O4. The Kier molecular flexibility index (Phi) is 5.31. The molecule has 0 spiro atoms. The molecule has 28 heavy (non-hydrogen) atoms. The largest absolute Gasteiger partial charge is 0.456 e. The number of rotatable bonds is 7. The van der Waals surface area contributed by atoms with Crippen molar-refractivity contribution >= 4 is 23.4 Å². The molecule has 0 unspecified atom stereocenters. The zero-order chi connectivity index (χ0) is 20.4. The van der Waals surface area contributed by atoms with Gasteiger partial charge >= 0.3 is 5.97 Å². The number of hydrogen-bond donors (Lipinski definition) is 0. The van der Waals surface area contributed by atoms with E-state index in [1.54, 1.807) is 36.4 Å². The van der Waals surface area contributed by atoms with Crippen LogP contribution < -0.4 is 0 Å². The van der Waals surface area contributed by atoms with Crippen molar-refractivity contribution in [3.05, 3.63) is 77.6 Å². The molecule has 0 radical (unpaired) electrons. The molecule has 1 aromatic heterocycles. The maximum atomic E-state index is 12.5. The zero-order valence-electron chi connectivity index (χ0n) is 16.0. The van der Waals surface area contributed by atoms with Crippen LogP contribution in [-0.2, 0) is 16.1 Å². The quantitative estimate of drug-likeness (QED) is 0.422. The van der Waals surface area contributed by atoms with Gasteiger partial charge in [-0.1, -0.05) is 30.9 Å². The number of nitrogens with zero attached hydrogens (tertiary/aromatic N) is 2. The molecule has 0 atom stereocenters. The first kappa shape index (κ1) is 19.4. The molecule has 0 aliphatic carbocycles. The lowest BCUT2D eigenvalue weighted by Crippen LogP contribution is -2.31. The molecule has 2 aromatic rings. The van der Waals surface area contributed by atoms with E-state index in [9.17, 15) is 14.4 Å². The van der Waals surface area contributed by atoms with Crippen LogP contribution in [0, 0.1) is 13.8 Å². The summed E-state index contributed by atoms with van der Waals surface area (Å²) in [6, 6.07) is 8.81. The highest BCUT2D eigenvalue weighted by Gasteiger charge is 2.32. The topological polar surface area (TPSA) is 68.6 Å². The van der Waals surface area contributed by atoms with Crippen LogP contribution >= 0.6 is 0 Å². The Bertz CT molecular complexity index is 965. The Hall–Kier alpha value is -3.41. The van der Waals surface area contributed by atoms with Gasteiger partial charge in [0.05, 0.1) is 0 Å². The molecule has 2 heterocycles. The predicted molar refractivity (Wildman–Crippen MR) is 106 cm³/mol. The summed E-state index contributed by atoms with van der Waals surface area (Å²) < 4.78 is 7.09. The Labute approximate surface area is 163 Å². The van der Waals surface area contributed by atoms with Gasteiger partial charge in [0.15, 0.2) is 6.61 Å². The molecule has 1 aliphatic rings. The van der Waals surface area contributed by atoms with Gasteiger partial charge in [0.1, 0.15) is 6.54 Å². The van der Waals surface area contributed by atoms with Crippen LogP contribution in [0.3, 0.4) is 0 Å². The lowest BCUT2D eigenvalue weighted by Gasteiger charge is -2.16. The molecule has 1 aliphatic heterocycles. The lowest BCUT2D eigenvalue weighted by molar-refractivity contribution is -0.142. The average Bonchev–Trinajstić information content (AvgIpc) is 3.10. The summed E-state index contributed by atoms with van der Waals surface area (Å²) >= 11 is 0. The van der Waals surface area contributed by atoms with E-state index in [2.05, 4.69) is 13.2 Å². The third-order valence-electron chi connectivity index (χ3n) is 4.88. The fourth-order valence-electron chi connectivity index (χ4n) is 3.39. The Morgan fingerprint density at radius 2 is 1.86 bits per heavy atom. The first-order chi connectivity index (χ1) is 13.3. The van der Waals surface area contributed by atoms with Gasteiger partial charge in [-0.3, -0.25) is 19.3 Å². The minimum Gasteiger partial charge on any atom is -0.456 e. The van der Waals surface area contributed by atoms with Crippen molar-refractivity contribution in [2.24, 2.45) is 0 Å². The van der Waals surface area contributed by atoms with Crippen molar-refractivity contribution in [1.29, 1.82) is 0 Å². The van der Waals surface area contributed by atoms with Gasteiger partial charge < -0.3 is 9.30 Å². The Morgan fingerprint density at radius 3 is 2.50 bits per heavy atom. The second kappa shape index (κ2) is 7.68. The van der Waals surface area contributed by atoms with Crippen molar-refractivity contribution in [3.63, 3.8) is 0 Å². The maximum absolute atomic E-state index is 12.5. The second-order valence-electron chi connectivity index (χ2n) is 6.65. The van der Waals surface area contributed by atoms with Crippen LogP contribution in [0.2, 0.25) is 0 Å². The van der Waals surface area contributed by atoms with E-state index in [-0.39, 0.29) is 24.8 Å². The number of esters is 1. The van der Waals surface area contributed by atoms with Gasteiger partial charge in [-0.2, -0.15) is 0 Å². The molecule has 6 nitrogen and oxygen atoms in total. The number of ether oxygens (including phenoxy) is 1. The van der Waals surface area contributed by atoms with Crippen molar-refractivity contribution in [3.8, 4) is 0 Å². The Balaban J connectivity index is 1.62. The minimum atomic E-state index is -0.657. The Morgan fingerprint density at radius 1 is 1.18 bits per heavy atom. The third kappa shape index (κ3) is 3.41. The number of aryl methyl sites for hydroxylation is 1. The summed E-state index contributed by atoms with van der Waals surface area (Å²) in [4.78, 5) is 38.4. The predicted octanol–water partition coefficient (Wildman–Crippen LogP) is 3.14. The molecule has 1 aromatic carbocycles. The molecule has 3 rings (SSSR count). The number of benzene rings is 1. The van der Waals surface area contributed by atoms with E-state index < -0.39 is 5.97 Å². The maximum Gasteiger partial charge on any atom is 0.326 e. The highest BCUT2D eigenvalue weighted by atomic mass is 16.5. The van der Waals surface area contributed by atoms with Crippen molar-refractivity contribution in [2.45, 2.75) is 20.4 Å². The van der Waals surface area contributed by atoms with Gasteiger partial charge in [0.25, 0.3) is 5.91 Å². The number of aromatic nitrogens is 1. The standard InChI is InChI=1S/C22H22N2O4/c1-5-10-23-14(2)11-19(16(23)4)20(25)13-28-21(26)12-24-15(3)17-8-6-7-9-18(17)22(24)27/h5-9,11H,1,3,10,12-13H2,2,4H3. The van der Waals surface area contributed by atoms with Gasteiger partial charge in [-0.15, -0.1) is 6.58 Å². The van der Waals surface area contributed by atoms with Crippen LogP contribution in [0.1, 0.15) is 37.7 Å². The molecular weight excluding hydrogens is 356 g/mol. The van der Waals surface area contributed by atoms with E-state index >= 15 is 0 Å². The summed E-state index contributed by atoms with van der Waals surface area (Å²) in [5.74, 6) is -1.24. The minimum absolute atomic E-state index is 0.283. The summed E-state index contributed by atoms with van der Waals surface area (Å²) in [7, 11) is 0. The molecule has 144 valence electrons. The summed E-state index contributed by atoms with van der Waals surface area (Å²) in [6.45, 7) is 11.3. The number of hydrogen-bond acceptors (Lipinski definition) is 4. The van der Waals surface area contributed by atoms with Gasteiger partial charge in [0, 0.05) is 40.3 Å². The number of Topliss-reactive ketones (excluding diaryl/α,β-unsaturated/α-hetero) is 1.